The van der Waals surface area contributed by atoms with Gasteiger partial charge in [0.2, 0.25) is 11.8 Å². The summed E-state index contributed by atoms with van der Waals surface area (Å²) >= 11 is 1.68. The molecule has 0 radical (unpaired) electrons. The summed E-state index contributed by atoms with van der Waals surface area (Å²) in [5.41, 5.74) is 0. The molecule has 1 unspecified atom stereocenters. The van der Waals surface area contributed by atoms with Crippen molar-refractivity contribution in [2.24, 2.45) is 0 Å². The Morgan fingerprint density at radius 3 is 2.52 bits per heavy atom. The molecule has 5 atom stereocenters. The van der Waals surface area contributed by atoms with Crippen molar-refractivity contribution in [3.8, 4) is 0 Å². The van der Waals surface area contributed by atoms with Gasteiger partial charge in [-0.3, -0.25) is 18.6 Å². The third-order valence-corrected chi connectivity index (χ3v) is 7.20. The first kappa shape index (κ1) is 26.6. The second kappa shape index (κ2) is 12.5. The third kappa shape index (κ3) is 8.31. The van der Waals surface area contributed by atoms with E-state index in [1.54, 1.807) is 16.7 Å². The lowest BCUT2D eigenvalue weighted by atomic mass is 10.2. The molecule has 0 bridgehead atoms. The molecule has 10 nitrogen and oxygen atoms in total. The van der Waals surface area contributed by atoms with Gasteiger partial charge in [-0.15, -0.1) is 0 Å². The van der Waals surface area contributed by atoms with Gasteiger partial charge in [0, 0.05) is 33.0 Å². The van der Waals surface area contributed by atoms with Gasteiger partial charge in [0.25, 0.3) is 0 Å². The normalized spacial score (nSPS) is 28.2. The summed E-state index contributed by atoms with van der Waals surface area (Å²) in [5.74, 6) is 0.641. The molecule has 2 rings (SSSR count). The molecule has 0 aromatic carbocycles. The number of nitrogens with zero attached hydrogens (tertiary/aromatic N) is 2. The average Bonchev–Trinajstić information content (AvgIpc) is 3.27. The van der Waals surface area contributed by atoms with Crippen LogP contribution in [-0.2, 0) is 27.9 Å². The molecule has 2 saturated heterocycles. The van der Waals surface area contributed by atoms with Crippen LogP contribution in [0.2, 0.25) is 0 Å². The van der Waals surface area contributed by atoms with Crippen molar-refractivity contribution in [1.29, 1.82) is 0 Å². The Morgan fingerprint density at radius 2 is 1.87 bits per heavy atom. The lowest BCUT2D eigenvalue weighted by Gasteiger charge is -2.24. The van der Waals surface area contributed by atoms with Gasteiger partial charge in [0.1, 0.15) is 0 Å². The fraction of sp³-hybridized carbons (Fsp3) is 0.895. The van der Waals surface area contributed by atoms with E-state index < -0.39 is 26.1 Å². The van der Waals surface area contributed by atoms with Crippen molar-refractivity contribution in [3.05, 3.63) is 0 Å². The smallest absolute Gasteiger partial charge is 0.391 e. The zero-order valence-electron chi connectivity index (χ0n) is 18.5. The Kier molecular flexibility index (Phi) is 10.7. The van der Waals surface area contributed by atoms with E-state index in [1.165, 1.54) is 11.8 Å². The van der Waals surface area contributed by atoms with Crippen LogP contribution in [-0.4, -0.2) is 101 Å². The topological polar surface area (TPSA) is 126 Å². The molecule has 12 heteroatoms. The van der Waals surface area contributed by atoms with Crippen molar-refractivity contribution in [2.75, 3.05) is 44.9 Å². The van der Waals surface area contributed by atoms with Gasteiger partial charge in [-0.1, -0.05) is 0 Å². The van der Waals surface area contributed by atoms with E-state index in [4.69, 9.17) is 13.8 Å². The van der Waals surface area contributed by atoms with Gasteiger partial charge in [0.15, 0.2) is 0 Å². The summed E-state index contributed by atoms with van der Waals surface area (Å²) in [6, 6.07) is -0.703. The number of phosphoric ester groups is 1. The molecule has 180 valence electrons. The van der Waals surface area contributed by atoms with E-state index in [1.807, 2.05) is 13.2 Å². The maximum absolute atomic E-state index is 12.6. The molecule has 31 heavy (non-hydrogen) atoms. The summed E-state index contributed by atoms with van der Waals surface area (Å²) in [4.78, 5) is 37.6. The summed E-state index contributed by atoms with van der Waals surface area (Å²) in [6.07, 6.45) is 2.49. The van der Waals surface area contributed by atoms with Crippen molar-refractivity contribution >= 4 is 31.4 Å². The molecule has 0 spiro atoms. The zero-order chi connectivity index (χ0) is 23.0. The number of carbonyl (C=O) groups excluding carboxylic acids is 2. The predicted octanol–water partition coefficient (Wildman–Crippen LogP) is 1.25. The molecule has 0 saturated carbocycles. The second-order valence-electron chi connectivity index (χ2n) is 7.90. The fourth-order valence-electron chi connectivity index (χ4n) is 4.01. The zero-order valence-corrected chi connectivity index (χ0v) is 20.2. The van der Waals surface area contributed by atoms with Crippen LogP contribution < -0.4 is 0 Å². The minimum Gasteiger partial charge on any atom is -0.391 e. The molecule has 2 aliphatic heterocycles. The number of likely N-dealkylation sites (tertiary alicyclic amines) is 2. The molecule has 2 amide bonds. The number of aliphatic hydroxyl groups excluding tert-OH is 1. The van der Waals surface area contributed by atoms with Crippen LogP contribution in [0.3, 0.4) is 0 Å². The third-order valence-electron chi connectivity index (χ3n) is 5.46. The minimum absolute atomic E-state index is 0.0180. The Bertz CT molecular complexity index is 654. The van der Waals surface area contributed by atoms with E-state index in [0.29, 0.717) is 26.1 Å². The van der Waals surface area contributed by atoms with Crippen molar-refractivity contribution < 1.29 is 37.9 Å². The second-order valence-corrected chi connectivity index (χ2v) is 10.3. The monoisotopic (exact) mass is 482 g/mol. The minimum atomic E-state index is -4.41. The lowest BCUT2D eigenvalue weighted by molar-refractivity contribution is -0.133. The quantitative estimate of drug-likeness (QED) is 0.312. The first-order chi connectivity index (χ1) is 14.7. The molecule has 2 heterocycles. The van der Waals surface area contributed by atoms with Crippen LogP contribution in [0.5, 0.6) is 0 Å². The number of thioether (sulfide) groups is 1. The van der Waals surface area contributed by atoms with E-state index >= 15 is 0 Å². The highest BCUT2D eigenvalue weighted by atomic mass is 32.2. The highest BCUT2D eigenvalue weighted by Gasteiger charge is 2.40. The van der Waals surface area contributed by atoms with Crippen molar-refractivity contribution in [3.63, 3.8) is 0 Å². The number of carbonyl (C=O) groups is 2. The SMILES string of the molecule is CCOC[C@@H]1C[C@@H](OP(=O)(O)OC[C@@H]2C[C@@H](O)CN2C(C)=O)CN1C(=O)CCCSC. The summed E-state index contributed by atoms with van der Waals surface area (Å²) < 4.78 is 28.5. The first-order valence-electron chi connectivity index (χ1n) is 10.6. The predicted molar refractivity (Wildman–Crippen MR) is 117 cm³/mol. The van der Waals surface area contributed by atoms with Crippen LogP contribution in [0.4, 0.5) is 0 Å². The fourth-order valence-corrected chi connectivity index (χ4v) is 5.40. The highest BCUT2D eigenvalue weighted by Crippen LogP contribution is 2.47. The first-order valence-corrected chi connectivity index (χ1v) is 13.5. The van der Waals surface area contributed by atoms with E-state index in [0.717, 1.165) is 12.2 Å². The Hall–Kier alpha value is -0.680. The number of hydrogen-bond donors (Lipinski definition) is 2. The van der Waals surface area contributed by atoms with Gasteiger partial charge >= 0.3 is 7.82 Å². The molecule has 0 aromatic heterocycles. The standard InChI is InChI=1S/C19H35N2O8PS/c1-4-27-12-16-9-18(11-21(16)19(24)6-5-7-31-3)29-30(25,26)28-13-15-8-17(23)10-20(15)14(2)22/h15-18,23H,4-13H2,1-3H3,(H,25,26)/t15-,16-,17+,18+/m0/s1. The maximum atomic E-state index is 12.6. The number of β-amino-alcohol motifs (C(OH)–C–C–N with tert-alkyl or cyclic N) is 1. The van der Waals surface area contributed by atoms with Crippen LogP contribution in [0.1, 0.15) is 39.5 Å². The largest absolute Gasteiger partial charge is 0.472 e. The lowest BCUT2D eigenvalue weighted by Crippen LogP contribution is -2.38. The van der Waals surface area contributed by atoms with Crippen molar-refractivity contribution in [2.45, 2.75) is 63.8 Å². The average molecular weight is 483 g/mol. The number of rotatable bonds is 12. The number of aliphatic hydroxyl groups is 1. The Balaban J connectivity index is 1.91. The van der Waals surface area contributed by atoms with Crippen LogP contribution in [0.15, 0.2) is 0 Å². The molecule has 2 fully saturated rings. The van der Waals surface area contributed by atoms with Gasteiger partial charge in [-0.25, -0.2) is 4.57 Å². The summed E-state index contributed by atoms with van der Waals surface area (Å²) in [5, 5.41) is 9.77. The van der Waals surface area contributed by atoms with Gasteiger partial charge in [0.05, 0.1) is 37.5 Å². The Morgan fingerprint density at radius 1 is 1.16 bits per heavy atom. The van der Waals surface area contributed by atoms with Crippen molar-refractivity contribution in [1.82, 2.24) is 9.80 Å². The number of hydrogen-bond acceptors (Lipinski definition) is 8. The van der Waals surface area contributed by atoms with Crippen LogP contribution >= 0.6 is 19.6 Å². The number of phosphoric acid groups is 1. The Labute approximate surface area is 188 Å². The highest BCUT2D eigenvalue weighted by molar-refractivity contribution is 7.98. The number of ether oxygens (including phenoxy) is 1. The molecular formula is C19H35N2O8PS. The molecule has 2 N–H and O–H groups in total. The van der Waals surface area contributed by atoms with E-state index in [2.05, 4.69) is 0 Å². The van der Waals surface area contributed by atoms with Crippen LogP contribution in [0, 0.1) is 0 Å². The summed E-state index contributed by atoms with van der Waals surface area (Å²) in [7, 11) is -4.41. The van der Waals surface area contributed by atoms with Gasteiger partial charge in [-0.05, 0) is 38.2 Å². The molecule has 2 aliphatic rings. The summed E-state index contributed by atoms with van der Waals surface area (Å²) in [6.45, 7) is 4.26. The molecular weight excluding hydrogens is 447 g/mol. The van der Waals surface area contributed by atoms with E-state index in [9.17, 15) is 24.2 Å². The van der Waals surface area contributed by atoms with E-state index in [-0.39, 0.29) is 44.0 Å². The maximum Gasteiger partial charge on any atom is 0.472 e. The molecule has 0 aliphatic carbocycles. The van der Waals surface area contributed by atoms with Gasteiger partial charge < -0.3 is 24.5 Å². The molecule has 0 aromatic rings. The van der Waals surface area contributed by atoms with Crippen LogP contribution in [0.25, 0.3) is 0 Å². The van der Waals surface area contributed by atoms with Gasteiger partial charge in [-0.2, -0.15) is 11.8 Å². The number of amides is 2.